The van der Waals surface area contributed by atoms with Crippen molar-refractivity contribution in [1.29, 1.82) is 0 Å². The van der Waals surface area contributed by atoms with E-state index in [0.717, 1.165) is 5.56 Å². The van der Waals surface area contributed by atoms with Gasteiger partial charge < -0.3 is 20.9 Å². The first-order valence-corrected chi connectivity index (χ1v) is 6.54. The summed E-state index contributed by atoms with van der Waals surface area (Å²) >= 11 is 0. The molecule has 0 aliphatic carbocycles. The van der Waals surface area contributed by atoms with E-state index >= 15 is 0 Å². The first kappa shape index (κ1) is 14.9. The second kappa shape index (κ2) is 6.76. The lowest BCUT2D eigenvalue weighted by Gasteiger charge is -2.10. The Bertz CT molecular complexity index is 594. The monoisotopic (exact) mass is 286 g/mol. The Hall–Kier alpha value is -2.53. The normalized spacial score (nSPS) is 11.7. The number of hydrogen-bond acceptors (Lipinski definition) is 5. The molecule has 110 valence electrons. The van der Waals surface area contributed by atoms with Crippen LogP contribution in [0, 0.1) is 0 Å². The number of esters is 1. The van der Waals surface area contributed by atoms with E-state index in [2.05, 4.69) is 4.74 Å². The summed E-state index contributed by atoms with van der Waals surface area (Å²) < 4.78 is 10.3. The van der Waals surface area contributed by atoms with Gasteiger partial charge >= 0.3 is 5.97 Å². The number of hydrogen-bond donors (Lipinski definition) is 2. The van der Waals surface area contributed by atoms with E-state index in [9.17, 15) is 4.79 Å². The summed E-state index contributed by atoms with van der Waals surface area (Å²) in [6.45, 7) is 0. The molecular formula is C16H18N2O3. The summed E-state index contributed by atoms with van der Waals surface area (Å²) in [5.41, 5.74) is 13.0. The summed E-state index contributed by atoms with van der Waals surface area (Å²) in [6.07, 6.45) is 0.425. The molecule has 0 saturated heterocycles. The van der Waals surface area contributed by atoms with Crippen LogP contribution in [0.15, 0.2) is 48.5 Å². The number of nitrogen functional groups attached to an aromatic ring is 1. The van der Waals surface area contributed by atoms with Crippen LogP contribution < -0.4 is 16.2 Å². The van der Waals surface area contributed by atoms with Crippen molar-refractivity contribution in [2.24, 2.45) is 5.73 Å². The molecule has 4 N–H and O–H groups in total. The maximum Gasteiger partial charge on any atom is 0.322 e. The van der Waals surface area contributed by atoms with Gasteiger partial charge in [0.2, 0.25) is 0 Å². The number of carbonyl (C=O) groups is 1. The molecular weight excluding hydrogens is 268 g/mol. The zero-order chi connectivity index (χ0) is 15.2. The van der Waals surface area contributed by atoms with Crippen molar-refractivity contribution in [3.05, 3.63) is 54.1 Å². The molecule has 0 aliphatic heterocycles. The van der Waals surface area contributed by atoms with E-state index in [1.54, 1.807) is 24.3 Å². The van der Waals surface area contributed by atoms with Crippen molar-refractivity contribution in [2.75, 3.05) is 12.8 Å². The molecule has 0 fully saturated rings. The van der Waals surface area contributed by atoms with E-state index in [1.165, 1.54) is 7.11 Å². The molecule has 0 aromatic heterocycles. The van der Waals surface area contributed by atoms with E-state index < -0.39 is 12.0 Å². The van der Waals surface area contributed by atoms with Crippen LogP contribution in [-0.2, 0) is 16.0 Å². The highest BCUT2D eigenvalue weighted by Gasteiger charge is 2.14. The van der Waals surface area contributed by atoms with Crippen LogP contribution in [0.25, 0.3) is 0 Å². The van der Waals surface area contributed by atoms with Crippen LogP contribution >= 0.6 is 0 Å². The van der Waals surface area contributed by atoms with Gasteiger partial charge in [-0.1, -0.05) is 12.1 Å². The van der Waals surface area contributed by atoms with Crippen LogP contribution in [0.4, 0.5) is 5.69 Å². The number of carbonyl (C=O) groups excluding carboxylic acids is 1. The minimum absolute atomic E-state index is 0.419. The minimum atomic E-state index is -0.654. The first-order valence-electron chi connectivity index (χ1n) is 6.54. The quantitative estimate of drug-likeness (QED) is 0.649. The van der Waals surface area contributed by atoms with Crippen LogP contribution in [-0.4, -0.2) is 19.1 Å². The Kier molecular flexibility index (Phi) is 4.79. The molecule has 0 bridgehead atoms. The fourth-order valence-electron chi connectivity index (χ4n) is 1.85. The number of anilines is 1. The molecule has 1 unspecified atom stereocenters. The van der Waals surface area contributed by atoms with E-state index in [-0.39, 0.29) is 0 Å². The van der Waals surface area contributed by atoms with Gasteiger partial charge in [-0.15, -0.1) is 0 Å². The summed E-state index contributed by atoms with van der Waals surface area (Å²) in [5.74, 6) is 0.996. The zero-order valence-electron chi connectivity index (χ0n) is 11.8. The summed E-state index contributed by atoms with van der Waals surface area (Å²) in [5, 5.41) is 0. The van der Waals surface area contributed by atoms with Crippen molar-refractivity contribution in [2.45, 2.75) is 12.5 Å². The lowest BCUT2D eigenvalue weighted by molar-refractivity contribution is -0.142. The fraction of sp³-hybridized carbons (Fsp3) is 0.188. The molecule has 1 atom stereocenters. The van der Waals surface area contributed by atoms with Crippen molar-refractivity contribution in [3.63, 3.8) is 0 Å². The smallest absolute Gasteiger partial charge is 0.322 e. The van der Waals surface area contributed by atoms with Crippen LogP contribution in [0.2, 0.25) is 0 Å². The summed E-state index contributed by atoms with van der Waals surface area (Å²) in [6, 6.07) is 13.9. The van der Waals surface area contributed by atoms with Gasteiger partial charge in [0.25, 0.3) is 0 Å². The van der Waals surface area contributed by atoms with E-state index in [1.807, 2.05) is 24.3 Å². The number of nitrogens with two attached hydrogens (primary N) is 2. The van der Waals surface area contributed by atoms with Gasteiger partial charge in [-0.25, -0.2) is 0 Å². The highest BCUT2D eigenvalue weighted by atomic mass is 16.5. The Morgan fingerprint density at radius 1 is 1.05 bits per heavy atom. The molecule has 2 aromatic carbocycles. The second-order valence-electron chi connectivity index (χ2n) is 4.65. The predicted octanol–water partition coefficient (Wildman–Crippen LogP) is 2.10. The molecule has 5 nitrogen and oxygen atoms in total. The molecule has 0 amide bonds. The average molecular weight is 286 g/mol. The van der Waals surface area contributed by atoms with Gasteiger partial charge in [0.15, 0.2) is 0 Å². The Labute approximate surface area is 123 Å². The topological polar surface area (TPSA) is 87.6 Å². The van der Waals surface area contributed by atoms with E-state index in [4.69, 9.17) is 16.2 Å². The summed E-state index contributed by atoms with van der Waals surface area (Å²) in [7, 11) is 1.33. The highest BCUT2D eigenvalue weighted by molar-refractivity contribution is 5.75. The van der Waals surface area contributed by atoms with Crippen LogP contribution in [0.5, 0.6) is 11.5 Å². The lowest BCUT2D eigenvalue weighted by atomic mass is 10.1. The maximum atomic E-state index is 11.3. The third-order valence-electron chi connectivity index (χ3n) is 3.00. The number of benzene rings is 2. The molecule has 0 spiro atoms. The molecule has 21 heavy (non-hydrogen) atoms. The Morgan fingerprint density at radius 3 is 2.10 bits per heavy atom. The van der Waals surface area contributed by atoms with E-state index in [0.29, 0.717) is 23.6 Å². The molecule has 0 heterocycles. The lowest BCUT2D eigenvalue weighted by Crippen LogP contribution is -2.33. The molecule has 2 aromatic rings. The van der Waals surface area contributed by atoms with Crippen LogP contribution in [0.3, 0.4) is 0 Å². The molecule has 0 saturated carbocycles. The Balaban J connectivity index is 1.98. The largest absolute Gasteiger partial charge is 0.468 e. The fourth-order valence-corrected chi connectivity index (χ4v) is 1.85. The molecule has 5 heteroatoms. The van der Waals surface area contributed by atoms with Gasteiger partial charge in [0.05, 0.1) is 7.11 Å². The number of ether oxygens (including phenoxy) is 2. The van der Waals surface area contributed by atoms with Gasteiger partial charge in [0, 0.05) is 5.69 Å². The van der Waals surface area contributed by atoms with Crippen molar-refractivity contribution < 1.29 is 14.3 Å². The third-order valence-corrected chi connectivity index (χ3v) is 3.00. The van der Waals surface area contributed by atoms with Crippen molar-refractivity contribution >= 4 is 11.7 Å². The van der Waals surface area contributed by atoms with Crippen molar-refractivity contribution in [3.8, 4) is 11.5 Å². The second-order valence-corrected chi connectivity index (χ2v) is 4.65. The van der Waals surface area contributed by atoms with Gasteiger partial charge in [0.1, 0.15) is 17.5 Å². The van der Waals surface area contributed by atoms with Crippen LogP contribution in [0.1, 0.15) is 5.56 Å². The number of methoxy groups -OCH3 is 1. The maximum absolute atomic E-state index is 11.3. The average Bonchev–Trinajstić information content (AvgIpc) is 2.50. The van der Waals surface area contributed by atoms with Gasteiger partial charge in [-0.05, 0) is 48.4 Å². The minimum Gasteiger partial charge on any atom is -0.468 e. The summed E-state index contributed by atoms with van der Waals surface area (Å²) in [4.78, 5) is 11.3. The highest BCUT2D eigenvalue weighted by Crippen LogP contribution is 2.22. The first-order chi connectivity index (χ1) is 10.1. The van der Waals surface area contributed by atoms with Gasteiger partial charge in [-0.2, -0.15) is 0 Å². The predicted molar refractivity (Wildman–Crippen MR) is 81.1 cm³/mol. The molecule has 2 rings (SSSR count). The van der Waals surface area contributed by atoms with Crippen molar-refractivity contribution in [1.82, 2.24) is 0 Å². The zero-order valence-corrected chi connectivity index (χ0v) is 11.8. The third kappa shape index (κ3) is 4.22. The van der Waals surface area contributed by atoms with Gasteiger partial charge in [-0.3, -0.25) is 4.79 Å². The SMILES string of the molecule is COC(=O)C(N)Cc1ccc(Oc2ccc(N)cc2)cc1. The standard InChI is InChI=1S/C16H18N2O3/c1-20-16(19)15(18)10-11-2-6-13(7-3-11)21-14-8-4-12(17)5-9-14/h2-9,15H,10,17-18H2,1H3. The molecule has 0 aliphatic rings. The Morgan fingerprint density at radius 2 is 1.57 bits per heavy atom. The number of rotatable bonds is 5. The molecule has 0 radical (unpaired) electrons.